The number of alkyl carbamates (subject to hydrolysis) is 1. The molecule has 4 aromatic rings. The van der Waals surface area contributed by atoms with Crippen molar-refractivity contribution in [3.05, 3.63) is 131 Å². The fraction of sp³-hybridized carbons (Fsp3) is 0.356. The van der Waals surface area contributed by atoms with Gasteiger partial charge in [-0.2, -0.15) is 0 Å². The number of ketones is 2. The van der Waals surface area contributed by atoms with E-state index in [1.54, 1.807) is 6.92 Å². The Morgan fingerprint density at radius 2 is 1.30 bits per heavy atom. The van der Waals surface area contributed by atoms with Crippen LogP contribution < -0.4 is 10.6 Å². The number of benzene rings is 4. The molecule has 0 fully saturated rings. The molecule has 5 rings (SSSR count). The van der Waals surface area contributed by atoms with Gasteiger partial charge in [-0.3, -0.25) is 19.2 Å². The molecule has 0 heterocycles. The Morgan fingerprint density at radius 1 is 0.685 bits per heavy atom. The van der Waals surface area contributed by atoms with Gasteiger partial charge >= 0.3 is 12.1 Å². The molecule has 0 unspecified atom stereocenters. The molecule has 1 aliphatic carbocycles. The van der Waals surface area contributed by atoms with Gasteiger partial charge in [0, 0.05) is 31.6 Å². The molecular weight excluding hydrogens is 681 g/mol. The van der Waals surface area contributed by atoms with Crippen LogP contribution in [0.15, 0.2) is 103 Å². The zero-order valence-electron chi connectivity index (χ0n) is 31.3. The number of esters is 1. The number of fused-ring (bicyclic) bond motifs is 3. The summed E-state index contributed by atoms with van der Waals surface area (Å²) in [5.74, 6) is -2.08. The van der Waals surface area contributed by atoms with E-state index in [-0.39, 0.29) is 61.8 Å². The molecule has 0 saturated heterocycles. The SMILES string of the molecule is CCCCC[C@H](NC(=O)[C@@H](CC(=O)[C@@H](C)NC(=O)OCC1c2ccccc2-c2ccccc21)Cc1ccccc1)C(=O)Cc1ccc(COC(C)=O)cc1. The van der Waals surface area contributed by atoms with Gasteiger partial charge in [-0.1, -0.05) is 129 Å². The van der Waals surface area contributed by atoms with Crippen molar-refractivity contribution >= 4 is 29.5 Å². The number of carbonyl (C=O) groups excluding carboxylic acids is 5. The van der Waals surface area contributed by atoms with E-state index in [1.165, 1.54) is 6.92 Å². The van der Waals surface area contributed by atoms with Crippen LogP contribution in [0.25, 0.3) is 11.1 Å². The molecule has 1 aliphatic rings. The number of nitrogens with one attached hydrogen (secondary N) is 2. The minimum Gasteiger partial charge on any atom is -0.461 e. The maximum absolute atomic E-state index is 14.0. The topological polar surface area (TPSA) is 128 Å². The molecule has 3 atom stereocenters. The first-order valence-corrected chi connectivity index (χ1v) is 18.8. The quantitative estimate of drug-likeness (QED) is 0.0749. The molecule has 0 aliphatic heterocycles. The summed E-state index contributed by atoms with van der Waals surface area (Å²) in [7, 11) is 0. The third-order valence-corrected chi connectivity index (χ3v) is 9.95. The third kappa shape index (κ3) is 11.0. The molecule has 0 saturated carbocycles. The summed E-state index contributed by atoms with van der Waals surface area (Å²) in [6, 6.07) is 31.2. The molecule has 54 heavy (non-hydrogen) atoms. The minimum atomic E-state index is -0.905. The highest BCUT2D eigenvalue weighted by atomic mass is 16.5. The number of hydrogen-bond donors (Lipinski definition) is 2. The number of rotatable bonds is 19. The average Bonchev–Trinajstić information content (AvgIpc) is 3.49. The van der Waals surface area contributed by atoms with E-state index >= 15 is 0 Å². The van der Waals surface area contributed by atoms with Crippen molar-refractivity contribution in [2.24, 2.45) is 5.92 Å². The van der Waals surface area contributed by atoms with E-state index in [9.17, 15) is 24.0 Å². The van der Waals surface area contributed by atoms with Crippen LogP contribution in [0.3, 0.4) is 0 Å². The minimum absolute atomic E-state index is 0.117. The average molecular weight is 731 g/mol. The second-order valence-electron chi connectivity index (χ2n) is 14.0. The van der Waals surface area contributed by atoms with Gasteiger partial charge in [0.1, 0.15) is 13.2 Å². The molecule has 0 spiro atoms. The van der Waals surface area contributed by atoms with Crippen LogP contribution in [0.1, 0.15) is 86.6 Å². The predicted molar refractivity (Wildman–Crippen MR) is 208 cm³/mol. The Labute approximate surface area is 317 Å². The Kier molecular flexibility index (Phi) is 14.3. The van der Waals surface area contributed by atoms with E-state index < -0.39 is 24.1 Å². The highest BCUT2D eigenvalue weighted by Gasteiger charge is 2.31. The summed E-state index contributed by atoms with van der Waals surface area (Å²) in [6.07, 6.45) is 2.68. The first-order valence-electron chi connectivity index (χ1n) is 18.8. The highest BCUT2D eigenvalue weighted by molar-refractivity contribution is 5.94. The molecule has 0 aromatic heterocycles. The van der Waals surface area contributed by atoms with Crippen LogP contribution in [0.4, 0.5) is 4.79 Å². The molecule has 2 amide bonds. The van der Waals surface area contributed by atoms with Gasteiger partial charge in [-0.05, 0) is 58.7 Å². The Balaban J connectivity index is 1.22. The molecular formula is C45H50N2O7. The van der Waals surface area contributed by atoms with Crippen LogP contribution in [-0.2, 0) is 48.1 Å². The molecule has 9 nitrogen and oxygen atoms in total. The highest BCUT2D eigenvalue weighted by Crippen LogP contribution is 2.44. The van der Waals surface area contributed by atoms with Crippen molar-refractivity contribution in [2.75, 3.05) is 6.61 Å². The normalized spacial score (nSPS) is 13.5. The zero-order chi connectivity index (χ0) is 38.5. The van der Waals surface area contributed by atoms with E-state index in [1.807, 2.05) is 91.0 Å². The van der Waals surface area contributed by atoms with Crippen LogP contribution in [-0.4, -0.2) is 48.2 Å². The summed E-state index contributed by atoms with van der Waals surface area (Å²) >= 11 is 0. The van der Waals surface area contributed by atoms with Crippen LogP contribution in [0.2, 0.25) is 0 Å². The maximum atomic E-state index is 14.0. The number of carbonyl (C=O) groups is 5. The van der Waals surface area contributed by atoms with E-state index in [0.29, 0.717) is 6.42 Å². The van der Waals surface area contributed by atoms with Crippen molar-refractivity contribution in [1.29, 1.82) is 0 Å². The van der Waals surface area contributed by atoms with Crippen molar-refractivity contribution in [2.45, 2.75) is 90.3 Å². The summed E-state index contributed by atoms with van der Waals surface area (Å²) < 4.78 is 10.7. The fourth-order valence-electron chi connectivity index (χ4n) is 6.94. The van der Waals surface area contributed by atoms with Crippen molar-refractivity contribution in [1.82, 2.24) is 10.6 Å². The number of Topliss-reactive ketones (excluding diaryl/α,β-unsaturated/α-hetero) is 2. The zero-order valence-corrected chi connectivity index (χ0v) is 31.3. The number of ether oxygens (including phenoxy) is 2. The Hall–Kier alpha value is -5.57. The molecule has 4 aromatic carbocycles. The van der Waals surface area contributed by atoms with Gasteiger partial charge in [0.25, 0.3) is 0 Å². The Bertz CT molecular complexity index is 1860. The van der Waals surface area contributed by atoms with Crippen molar-refractivity contribution < 1.29 is 33.4 Å². The van der Waals surface area contributed by atoms with Crippen molar-refractivity contribution in [3.8, 4) is 11.1 Å². The fourth-order valence-corrected chi connectivity index (χ4v) is 6.94. The monoisotopic (exact) mass is 730 g/mol. The van der Waals surface area contributed by atoms with Gasteiger partial charge in [0.2, 0.25) is 5.91 Å². The first kappa shape index (κ1) is 39.6. The lowest BCUT2D eigenvalue weighted by molar-refractivity contribution is -0.142. The van der Waals surface area contributed by atoms with Gasteiger partial charge < -0.3 is 20.1 Å². The molecule has 9 heteroatoms. The van der Waals surface area contributed by atoms with Crippen molar-refractivity contribution in [3.63, 3.8) is 0 Å². The number of hydrogen-bond acceptors (Lipinski definition) is 7. The maximum Gasteiger partial charge on any atom is 0.407 e. The number of unbranched alkanes of at least 4 members (excludes halogenated alkanes) is 2. The van der Waals surface area contributed by atoms with Gasteiger partial charge in [0.05, 0.1) is 12.1 Å². The van der Waals surface area contributed by atoms with Crippen LogP contribution in [0.5, 0.6) is 0 Å². The Morgan fingerprint density at radius 3 is 1.93 bits per heavy atom. The second kappa shape index (κ2) is 19.5. The predicted octanol–water partition coefficient (Wildman–Crippen LogP) is 7.67. The van der Waals surface area contributed by atoms with Crippen LogP contribution in [0, 0.1) is 5.92 Å². The summed E-state index contributed by atoms with van der Waals surface area (Å²) in [4.78, 5) is 65.4. The van der Waals surface area contributed by atoms with E-state index in [0.717, 1.165) is 58.2 Å². The van der Waals surface area contributed by atoms with Gasteiger partial charge in [-0.15, -0.1) is 0 Å². The molecule has 0 bridgehead atoms. The molecule has 0 radical (unpaired) electrons. The summed E-state index contributed by atoms with van der Waals surface area (Å²) in [5, 5.41) is 5.68. The lowest BCUT2D eigenvalue weighted by Crippen LogP contribution is -2.46. The largest absolute Gasteiger partial charge is 0.461 e. The number of amides is 2. The first-order chi connectivity index (χ1) is 26.1. The van der Waals surface area contributed by atoms with Crippen LogP contribution >= 0.6 is 0 Å². The summed E-state index contributed by atoms with van der Waals surface area (Å²) in [6.45, 7) is 5.29. The molecule has 2 N–H and O–H groups in total. The van der Waals surface area contributed by atoms with E-state index in [4.69, 9.17) is 9.47 Å². The lowest BCUT2D eigenvalue weighted by Gasteiger charge is -2.23. The lowest BCUT2D eigenvalue weighted by atomic mass is 9.90. The smallest absolute Gasteiger partial charge is 0.407 e. The van der Waals surface area contributed by atoms with Gasteiger partial charge in [0.15, 0.2) is 11.6 Å². The standard InChI is InChI=1S/C45H50N2O7/c1-4-5-7-20-41(43(50)26-33-21-23-34(24-22-33)28-53-31(3)48)47-44(51)35(25-32-14-8-6-9-15-32)27-42(49)30(2)46-45(52)54-29-40-38-18-12-10-16-36(38)37-17-11-13-19-39(37)40/h6,8-19,21-24,30,35,40-41H,4-5,7,20,25-29H2,1-3H3,(H,46,52)(H,47,51)/t30-,35-,41+/m1/s1. The second-order valence-corrected chi connectivity index (χ2v) is 14.0. The summed E-state index contributed by atoms with van der Waals surface area (Å²) in [5.41, 5.74) is 6.89. The van der Waals surface area contributed by atoms with E-state index in [2.05, 4.69) is 29.7 Å². The third-order valence-electron chi connectivity index (χ3n) is 9.95. The van der Waals surface area contributed by atoms with Gasteiger partial charge in [-0.25, -0.2) is 4.79 Å². The molecule has 282 valence electrons.